The zero-order chi connectivity index (χ0) is 15.0. The van der Waals surface area contributed by atoms with Crippen molar-refractivity contribution in [1.82, 2.24) is 9.55 Å². The number of amides is 1. The van der Waals surface area contributed by atoms with Crippen molar-refractivity contribution in [1.29, 1.82) is 0 Å². The molecule has 4 nitrogen and oxygen atoms in total. The summed E-state index contributed by atoms with van der Waals surface area (Å²) in [6.07, 6.45) is 3.19. The normalized spacial score (nSPS) is 13.9. The summed E-state index contributed by atoms with van der Waals surface area (Å²) in [5.74, 6) is 0.779. The highest BCUT2D eigenvalue weighted by Gasteiger charge is 2.22. The summed E-state index contributed by atoms with van der Waals surface area (Å²) in [5.41, 5.74) is 3.34. The average Bonchev–Trinajstić information content (AvgIpc) is 2.80. The summed E-state index contributed by atoms with van der Waals surface area (Å²) < 4.78 is 2.16. The van der Waals surface area contributed by atoms with E-state index >= 15 is 0 Å². The van der Waals surface area contributed by atoms with E-state index in [9.17, 15) is 4.79 Å². The van der Waals surface area contributed by atoms with Gasteiger partial charge in [-0.05, 0) is 56.9 Å². The zero-order valence-electron chi connectivity index (χ0n) is 12.2. The Bertz CT molecular complexity index is 706. The second-order valence-corrected chi connectivity index (χ2v) is 5.91. The Balaban J connectivity index is 1.89. The third-order valence-corrected chi connectivity index (χ3v) is 4.20. The summed E-state index contributed by atoms with van der Waals surface area (Å²) >= 11 is 5.94. The first-order chi connectivity index (χ1) is 10.1. The third kappa shape index (κ3) is 2.68. The third-order valence-electron chi connectivity index (χ3n) is 3.96. The number of halogens is 1. The maximum absolute atomic E-state index is 12.5. The molecule has 0 atom stereocenters. The van der Waals surface area contributed by atoms with Crippen LogP contribution in [0.25, 0.3) is 0 Å². The Morgan fingerprint density at radius 3 is 2.90 bits per heavy atom. The molecule has 0 saturated heterocycles. The molecule has 1 amide bonds. The van der Waals surface area contributed by atoms with Crippen molar-refractivity contribution in [3.8, 4) is 0 Å². The second-order valence-electron chi connectivity index (χ2n) is 5.48. The van der Waals surface area contributed by atoms with Gasteiger partial charge in [0.15, 0.2) is 0 Å². The Morgan fingerprint density at radius 2 is 2.14 bits per heavy atom. The van der Waals surface area contributed by atoms with E-state index in [4.69, 9.17) is 11.6 Å². The van der Waals surface area contributed by atoms with Crippen LogP contribution in [0.1, 0.15) is 40.4 Å². The average molecular weight is 304 g/mol. The van der Waals surface area contributed by atoms with Crippen LogP contribution >= 0.6 is 11.6 Å². The minimum absolute atomic E-state index is 0.140. The van der Waals surface area contributed by atoms with Gasteiger partial charge < -0.3 is 9.88 Å². The van der Waals surface area contributed by atoms with Crippen LogP contribution < -0.4 is 5.32 Å². The van der Waals surface area contributed by atoms with Crippen molar-refractivity contribution in [3.63, 3.8) is 0 Å². The fourth-order valence-corrected chi connectivity index (χ4v) is 3.08. The molecule has 0 spiro atoms. The van der Waals surface area contributed by atoms with E-state index in [-0.39, 0.29) is 5.91 Å². The molecule has 1 aromatic carbocycles. The van der Waals surface area contributed by atoms with Crippen LogP contribution in [0.5, 0.6) is 0 Å². The van der Waals surface area contributed by atoms with Crippen molar-refractivity contribution in [3.05, 3.63) is 46.0 Å². The number of carbonyl (C=O) groups is 1. The van der Waals surface area contributed by atoms with Crippen LogP contribution in [0, 0.1) is 13.8 Å². The van der Waals surface area contributed by atoms with Gasteiger partial charge in [-0.1, -0.05) is 11.6 Å². The first-order valence-electron chi connectivity index (χ1n) is 7.20. The molecule has 1 aromatic heterocycles. The van der Waals surface area contributed by atoms with E-state index < -0.39 is 0 Å². The molecule has 0 saturated carbocycles. The Morgan fingerprint density at radius 1 is 1.33 bits per heavy atom. The number of rotatable bonds is 2. The molecule has 0 aliphatic carbocycles. The zero-order valence-corrected chi connectivity index (χ0v) is 13.0. The molecule has 3 rings (SSSR count). The number of nitrogens with one attached hydrogen (secondary N) is 1. The summed E-state index contributed by atoms with van der Waals surface area (Å²) in [5, 5.41) is 3.61. The van der Waals surface area contributed by atoms with Crippen molar-refractivity contribution < 1.29 is 4.79 Å². The Kier molecular flexibility index (Phi) is 3.72. The van der Waals surface area contributed by atoms with E-state index in [0.29, 0.717) is 10.7 Å². The predicted molar refractivity (Wildman–Crippen MR) is 84.0 cm³/mol. The topological polar surface area (TPSA) is 46.9 Å². The number of imidazole rings is 1. The van der Waals surface area contributed by atoms with Crippen LogP contribution in [-0.2, 0) is 13.0 Å². The highest BCUT2D eigenvalue weighted by Crippen LogP contribution is 2.23. The molecule has 1 N–H and O–H groups in total. The molecule has 1 aliphatic heterocycles. The van der Waals surface area contributed by atoms with E-state index in [1.807, 2.05) is 26.0 Å². The van der Waals surface area contributed by atoms with Crippen LogP contribution in [0.3, 0.4) is 0 Å². The van der Waals surface area contributed by atoms with Crippen LogP contribution in [0.2, 0.25) is 5.02 Å². The molecular weight excluding hydrogens is 286 g/mol. The molecule has 0 fully saturated rings. The van der Waals surface area contributed by atoms with Gasteiger partial charge in [-0.3, -0.25) is 4.79 Å². The number of hydrogen-bond donors (Lipinski definition) is 1. The first kappa shape index (κ1) is 14.1. The lowest BCUT2D eigenvalue weighted by molar-refractivity contribution is 0.102. The van der Waals surface area contributed by atoms with Gasteiger partial charge in [0.1, 0.15) is 11.5 Å². The predicted octanol–water partition coefficient (Wildman–Crippen LogP) is 3.74. The van der Waals surface area contributed by atoms with Crippen LogP contribution in [0.15, 0.2) is 18.2 Å². The number of anilines is 1. The molecule has 2 aromatic rings. The summed E-state index contributed by atoms with van der Waals surface area (Å²) in [6, 6.07) is 5.44. The minimum atomic E-state index is -0.140. The van der Waals surface area contributed by atoms with E-state index in [1.54, 1.807) is 6.07 Å². The number of aromatic nitrogens is 2. The van der Waals surface area contributed by atoms with Crippen molar-refractivity contribution >= 4 is 23.2 Å². The second kappa shape index (κ2) is 5.53. The monoisotopic (exact) mass is 303 g/mol. The fraction of sp³-hybridized carbons (Fsp3) is 0.375. The standard InChI is InChI=1S/C16H18ClN3O/c1-10-9-12(17)6-7-13(10)19-16(21)15-14-5-3-4-8-20(14)11(2)18-15/h6-7,9H,3-5,8H2,1-2H3,(H,19,21). The minimum Gasteiger partial charge on any atom is -0.331 e. The van der Waals surface area contributed by atoms with Gasteiger partial charge in [0.05, 0.1) is 5.69 Å². The smallest absolute Gasteiger partial charge is 0.276 e. The van der Waals surface area contributed by atoms with Gasteiger partial charge in [-0.2, -0.15) is 0 Å². The molecule has 110 valence electrons. The SMILES string of the molecule is Cc1cc(Cl)ccc1NC(=O)c1nc(C)n2c1CCCC2. The van der Waals surface area contributed by atoms with Gasteiger partial charge in [-0.25, -0.2) is 4.98 Å². The lowest BCUT2D eigenvalue weighted by Crippen LogP contribution is -2.18. The quantitative estimate of drug-likeness (QED) is 0.918. The molecule has 0 radical (unpaired) electrons. The summed E-state index contributed by atoms with van der Waals surface area (Å²) in [7, 11) is 0. The van der Waals surface area contributed by atoms with Gasteiger partial charge in [0.2, 0.25) is 0 Å². The van der Waals surface area contributed by atoms with Crippen molar-refractivity contribution in [2.45, 2.75) is 39.7 Å². The van der Waals surface area contributed by atoms with E-state index in [0.717, 1.165) is 48.6 Å². The van der Waals surface area contributed by atoms with Crippen LogP contribution in [0.4, 0.5) is 5.69 Å². The number of fused-ring (bicyclic) bond motifs is 1. The van der Waals surface area contributed by atoms with Gasteiger partial charge >= 0.3 is 0 Å². The van der Waals surface area contributed by atoms with Crippen molar-refractivity contribution in [2.24, 2.45) is 0 Å². The van der Waals surface area contributed by atoms with Crippen LogP contribution in [-0.4, -0.2) is 15.5 Å². The molecule has 0 unspecified atom stereocenters. The van der Waals surface area contributed by atoms with Gasteiger partial charge in [0, 0.05) is 17.3 Å². The lowest BCUT2D eigenvalue weighted by atomic mass is 10.1. The van der Waals surface area contributed by atoms with E-state index in [2.05, 4.69) is 14.9 Å². The highest BCUT2D eigenvalue weighted by atomic mass is 35.5. The highest BCUT2D eigenvalue weighted by molar-refractivity contribution is 6.30. The molecule has 21 heavy (non-hydrogen) atoms. The molecule has 2 heterocycles. The summed E-state index contributed by atoms with van der Waals surface area (Å²) in [4.78, 5) is 17.0. The lowest BCUT2D eigenvalue weighted by Gasteiger charge is -2.16. The Labute approximate surface area is 129 Å². The maximum atomic E-state index is 12.5. The number of benzene rings is 1. The Hall–Kier alpha value is -1.81. The fourth-order valence-electron chi connectivity index (χ4n) is 2.85. The number of carbonyl (C=O) groups excluding carboxylic acids is 1. The van der Waals surface area contributed by atoms with Gasteiger partial charge in [0.25, 0.3) is 5.91 Å². The van der Waals surface area contributed by atoms with E-state index in [1.165, 1.54) is 0 Å². The summed E-state index contributed by atoms with van der Waals surface area (Å²) in [6.45, 7) is 4.84. The van der Waals surface area contributed by atoms with Crippen molar-refractivity contribution in [2.75, 3.05) is 5.32 Å². The number of aryl methyl sites for hydroxylation is 2. The number of hydrogen-bond acceptors (Lipinski definition) is 2. The molecule has 1 aliphatic rings. The maximum Gasteiger partial charge on any atom is 0.276 e. The largest absolute Gasteiger partial charge is 0.331 e. The molecular formula is C16H18ClN3O. The molecule has 5 heteroatoms. The van der Waals surface area contributed by atoms with Gasteiger partial charge in [-0.15, -0.1) is 0 Å². The first-order valence-corrected chi connectivity index (χ1v) is 7.57. The number of nitrogens with zero attached hydrogens (tertiary/aromatic N) is 2. The molecule has 0 bridgehead atoms.